The molecule has 2 rings (SSSR count). The summed E-state index contributed by atoms with van der Waals surface area (Å²) in [5.74, 6) is -0.263. The first-order valence-electron chi connectivity index (χ1n) is 6.32. The molecular formula is C15H16N2O4. The number of amides is 1. The second-order valence-electron chi connectivity index (χ2n) is 4.29. The van der Waals surface area contributed by atoms with Crippen LogP contribution in [0.25, 0.3) is 0 Å². The molecule has 0 radical (unpaired) electrons. The van der Waals surface area contributed by atoms with E-state index in [2.05, 4.69) is 10.3 Å². The van der Waals surface area contributed by atoms with Crippen molar-refractivity contribution in [1.29, 1.82) is 0 Å². The van der Waals surface area contributed by atoms with E-state index in [1.165, 1.54) is 14.2 Å². The van der Waals surface area contributed by atoms with Crippen LogP contribution in [0.5, 0.6) is 5.75 Å². The number of carbonyl (C=O) groups is 2. The summed E-state index contributed by atoms with van der Waals surface area (Å²) in [4.78, 5) is 26.3. The Kier molecular flexibility index (Phi) is 4.61. The lowest BCUT2D eigenvalue weighted by Crippen LogP contribution is -2.23. The highest BCUT2D eigenvalue weighted by molar-refractivity contribution is 5.93. The molecule has 0 saturated heterocycles. The molecule has 2 aromatic rings. The summed E-state index contributed by atoms with van der Waals surface area (Å²) < 4.78 is 9.82. The van der Waals surface area contributed by atoms with Gasteiger partial charge < -0.3 is 19.8 Å². The van der Waals surface area contributed by atoms with Crippen molar-refractivity contribution in [2.45, 2.75) is 6.54 Å². The number of esters is 1. The summed E-state index contributed by atoms with van der Waals surface area (Å²) in [6.07, 6.45) is 1.68. The summed E-state index contributed by atoms with van der Waals surface area (Å²) >= 11 is 0. The number of nitrogens with one attached hydrogen (secondary N) is 2. The van der Waals surface area contributed by atoms with Crippen LogP contribution in [0.2, 0.25) is 0 Å². The highest BCUT2D eigenvalue weighted by Gasteiger charge is 2.14. The van der Waals surface area contributed by atoms with Gasteiger partial charge in [0, 0.05) is 12.7 Å². The zero-order valence-electron chi connectivity index (χ0n) is 11.8. The summed E-state index contributed by atoms with van der Waals surface area (Å²) in [7, 11) is 2.79. The number of carbonyl (C=O) groups excluding carboxylic acids is 2. The molecule has 1 aromatic carbocycles. The lowest BCUT2D eigenvalue weighted by atomic mass is 10.1. The van der Waals surface area contributed by atoms with Crippen LogP contribution < -0.4 is 10.1 Å². The van der Waals surface area contributed by atoms with Gasteiger partial charge in [0.2, 0.25) is 0 Å². The number of hydrogen-bond donors (Lipinski definition) is 2. The Morgan fingerprint density at radius 2 is 2.05 bits per heavy atom. The van der Waals surface area contributed by atoms with E-state index < -0.39 is 5.97 Å². The number of hydrogen-bond acceptors (Lipinski definition) is 4. The van der Waals surface area contributed by atoms with Crippen molar-refractivity contribution in [2.75, 3.05) is 14.2 Å². The molecule has 0 bridgehead atoms. The normalized spacial score (nSPS) is 10.0. The van der Waals surface area contributed by atoms with E-state index in [1.54, 1.807) is 36.5 Å². The first-order chi connectivity index (χ1) is 10.2. The largest absolute Gasteiger partial charge is 0.496 e. The topological polar surface area (TPSA) is 80.4 Å². The number of aromatic amines is 1. The van der Waals surface area contributed by atoms with Gasteiger partial charge in [0.05, 0.1) is 14.2 Å². The number of benzene rings is 1. The van der Waals surface area contributed by atoms with Crippen LogP contribution in [-0.4, -0.2) is 31.1 Å². The van der Waals surface area contributed by atoms with E-state index in [0.29, 0.717) is 23.6 Å². The molecule has 0 atom stereocenters. The molecule has 1 amide bonds. The number of ether oxygens (including phenoxy) is 2. The third kappa shape index (κ3) is 3.42. The Labute approximate surface area is 122 Å². The van der Waals surface area contributed by atoms with Crippen molar-refractivity contribution in [3.63, 3.8) is 0 Å². The highest BCUT2D eigenvalue weighted by atomic mass is 16.5. The summed E-state index contributed by atoms with van der Waals surface area (Å²) in [5.41, 5.74) is 1.58. The molecule has 21 heavy (non-hydrogen) atoms. The van der Waals surface area contributed by atoms with Crippen LogP contribution in [-0.2, 0) is 11.3 Å². The van der Waals surface area contributed by atoms with E-state index in [4.69, 9.17) is 9.47 Å². The molecule has 6 nitrogen and oxygen atoms in total. The smallest absolute Gasteiger partial charge is 0.341 e. The SMILES string of the molecule is COC(=O)c1cc(CNC(=O)c2ccc[nH]2)ccc1OC. The second kappa shape index (κ2) is 6.60. The van der Waals surface area contributed by atoms with Crippen molar-refractivity contribution in [3.05, 3.63) is 53.3 Å². The quantitative estimate of drug-likeness (QED) is 0.821. The van der Waals surface area contributed by atoms with Gasteiger partial charge in [0.25, 0.3) is 5.91 Å². The van der Waals surface area contributed by atoms with Crippen LogP contribution in [0, 0.1) is 0 Å². The number of aromatic nitrogens is 1. The third-order valence-electron chi connectivity index (χ3n) is 2.96. The maximum atomic E-state index is 11.8. The van der Waals surface area contributed by atoms with Gasteiger partial charge in [-0.2, -0.15) is 0 Å². The van der Waals surface area contributed by atoms with Gasteiger partial charge in [-0.05, 0) is 29.8 Å². The average Bonchev–Trinajstić information content (AvgIpc) is 3.06. The zero-order valence-corrected chi connectivity index (χ0v) is 11.8. The Morgan fingerprint density at radius 1 is 1.24 bits per heavy atom. The average molecular weight is 288 g/mol. The lowest BCUT2D eigenvalue weighted by molar-refractivity contribution is 0.0597. The van der Waals surface area contributed by atoms with Gasteiger partial charge in [-0.15, -0.1) is 0 Å². The Hall–Kier alpha value is -2.76. The lowest BCUT2D eigenvalue weighted by Gasteiger charge is -2.10. The van der Waals surface area contributed by atoms with Gasteiger partial charge in [0.15, 0.2) is 0 Å². The molecule has 6 heteroatoms. The maximum Gasteiger partial charge on any atom is 0.341 e. The van der Waals surface area contributed by atoms with Crippen molar-refractivity contribution in [1.82, 2.24) is 10.3 Å². The Balaban J connectivity index is 2.10. The minimum Gasteiger partial charge on any atom is -0.496 e. The predicted octanol–water partition coefficient (Wildman–Crippen LogP) is 1.74. The number of rotatable bonds is 5. The minimum absolute atomic E-state index is 0.213. The van der Waals surface area contributed by atoms with Crippen LogP contribution in [0.3, 0.4) is 0 Å². The first-order valence-corrected chi connectivity index (χ1v) is 6.32. The number of methoxy groups -OCH3 is 2. The van der Waals surface area contributed by atoms with Crippen molar-refractivity contribution in [3.8, 4) is 5.75 Å². The molecule has 2 N–H and O–H groups in total. The van der Waals surface area contributed by atoms with Crippen LogP contribution >= 0.6 is 0 Å². The number of H-pyrrole nitrogens is 1. The molecule has 0 spiro atoms. The Morgan fingerprint density at radius 3 is 2.67 bits per heavy atom. The second-order valence-corrected chi connectivity index (χ2v) is 4.29. The standard InChI is InChI=1S/C15H16N2O4/c1-20-13-6-5-10(8-11(13)15(19)21-2)9-17-14(18)12-4-3-7-16-12/h3-8,16H,9H2,1-2H3,(H,17,18). The molecule has 1 heterocycles. The predicted molar refractivity (Wildman–Crippen MR) is 76.3 cm³/mol. The van der Waals surface area contributed by atoms with E-state index in [1.807, 2.05) is 0 Å². The molecule has 0 fully saturated rings. The molecule has 0 aliphatic rings. The molecule has 0 unspecified atom stereocenters. The molecule has 0 aliphatic carbocycles. The van der Waals surface area contributed by atoms with Crippen LogP contribution in [0.1, 0.15) is 26.4 Å². The Bertz CT molecular complexity index is 635. The first kappa shape index (κ1) is 14.6. The fraction of sp³-hybridized carbons (Fsp3) is 0.200. The molecular weight excluding hydrogens is 272 g/mol. The minimum atomic E-state index is -0.482. The molecule has 0 aliphatic heterocycles. The zero-order chi connectivity index (χ0) is 15.2. The van der Waals surface area contributed by atoms with Gasteiger partial charge in [-0.1, -0.05) is 6.07 Å². The molecule has 110 valence electrons. The van der Waals surface area contributed by atoms with Crippen molar-refractivity contribution >= 4 is 11.9 Å². The summed E-state index contributed by atoms with van der Waals surface area (Å²) in [5, 5.41) is 2.76. The molecule has 1 aromatic heterocycles. The maximum absolute atomic E-state index is 11.8. The van der Waals surface area contributed by atoms with Crippen molar-refractivity contribution in [2.24, 2.45) is 0 Å². The van der Waals surface area contributed by atoms with E-state index in [9.17, 15) is 9.59 Å². The summed E-state index contributed by atoms with van der Waals surface area (Å²) in [6.45, 7) is 0.297. The summed E-state index contributed by atoms with van der Waals surface area (Å²) in [6, 6.07) is 8.52. The fourth-order valence-electron chi connectivity index (χ4n) is 1.88. The van der Waals surface area contributed by atoms with Gasteiger partial charge in [-0.25, -0.2) is 4.79 Å². The van der Waals surface area contributed by atoms with Crippen LogP contribution in [0.4, 0.5) is 0 Å². The monoisotopic (exact) mass is 288 g/mol. The third-order valence-corrected chi connectivity index (χ3v) is 2.96. The van der Waals surface area contributed by atoms with Gasteiger partial charge in [-0.3, -0.25) is 4.79 Å². The fourth-order valence-corrected chi connectivity index (χ4v) is 1.88. The van der Waals surface area contributed by atoms with E-state index in [0.717, 1.165) is 5.56 Å². The van der Waals surface area contributed by atoms with Crippen LogP contribution in [0.15, 0.2) is 36.5 Å². The molecule has 0 saturated carbocycles. The van der Waals surface area contributed by atoms with E-state index >= 15 is 0 Å². The van der Waals surface area contributed by atoms with Gasteiger partial charge >= 0.3 is 5.97 Å². The highest BCUT2D eigenvalue weighted by Crippen LogP contribution is 2.20. The van der Waals surface area contributed by atoms with Gasteiger partial charge in [0.1, 0.15) is 17.0 Å². The van der Waals surface area contributed by atoms with E-state index in [-0.39, 0.29) is 5.91 Å². The van der Waals surface area contributed by atoms with Crippen molar-refractivity contribution < 1.29 is 19.1 Å².